The maximum absolute atomic E-state index is 4.53. The molecule has 3 aromatic rings. The molecule has 5 nitrogen and oxygen atoms in total. The molecule has 4 heterocycles. The Morgan fingerprint density at radius 1 is 1.03 bits per heavy atom. The highest BCUT2D eigenvalue weighted by Crippen LogP contribution is 2.32. The van der Waals surface area contributed by atoms with Gasteiger partial charge < -0.3 is 9.88 Å². The largest absolute Gasteiger partial charge is 0.312 e. The second-order valence-corrected chi connectivity index (χ2v) is 9.15. The molecule has 2 aromatic heterocycles. The molecule has 0 aliphatic carbocycles. The van der Waals surface area contributed by atoms with Crippen LogP contribution in [0, 0.1) is 6.92 Å². The second kappa shape index (κ2) is 8.96. The normalized spacial score (nSPS) is 17.7. The molecule has 1 saturated heterocycles. The number of aromatic nitrogens is 3. The monoisotopic (exact) mass is 429 g/mol. The average molecular weight is 430 g/mol. The number of likely N-dealkylation sites (tertiary alicyclic amines) is 1. The van der Waals surface area contributed by atoms with Gasteiger partial charge in [-0.15, -0.1) is 33.9 Å². The lowest BCUT2D eigenvalue weighted by Gasteiger charge is -2.31. The van der Waals surface area contributed by atoms with Crippen LogP contribution in [0.1, 0.15) is 40.8 Å². The number of hydrogen-bond acceptors (Lipinski definition) is 5. The minimum atomic E-state index is 0. The Morgan fingerprint density at radius 2 is 1.83 bits per heavy atom. The molecule has 0 unspecified atom stereocenters. The van der Waals surface area contributed by atoms with Gasteiger partial charge in [-0.2, -0.15) is 0 Å². The van der Waals surface area contributed by atoms with Gasteiger partial charge in [0.25, 0.3) is 0 Å². The summed E-state index contributed by atoms with van der Waals surface area (Å²) in [4.78, 5) is 5.42. The van der Waals surface area contributed by atoms with Crippen LogP contribution in [0.3, 0.4) is 0 Å². The molecule has 0 radical (unpaired) electrons. The van der Waals surface area contributed by atoms with Gasteiger partial charge in [-0.1, -0.05) is 29.8 Å². The number of piperidine rings is 1. The fourth-order valence-electron chi connectivity index (χ4n) is 4.32. The highest BCUT2D eigenvalue weighted by molar-refractivity contribution is 7.15. The first-order chi connectivity index (χ1) is 13.8. The third kappa shape index (κ3) is 4.40. The standard InChI is InChI=1S/C22H27N5S.ClH/c1-16-2-4-17(5-3-16)20-7-6-19(28-20)15-26-11-8-18(9-12-26)22-25-24-21-14-23-10-13-27(21)22;/h2-7,18,23H,8-15H2,1H3;1H. The molecule has 2 aliphatic heterocycles. The number of hydrogen-bond donors (Lipinski definition) is 1. The van der Waals surface area contributed by atoms with Crippen molar-refractivity contribution in [2.75, 3.05) is 19.6 Å². The summed E-state index contributed by atoms with van der Waals surface area (Å²) in [6.45, 7) is 8.37. The Labute approximate surface area is 182 Å². The van der Waals surface area contributed by atoms with Crippen molar-refractivity contribution >= 4 is 23.7 Å². The van der Waals surface area contributed by atoms with Crippen LogP contribution in [-0.2, 0) is 19.6 Å². The van der Waals surface area contributed by atoms with Crippen LogP contribution in [0.2, 0.25) is 0 Å². The molecule has 154 valence electrons. The molecule has 0 atom stereocenters. The van der Waals surface area contributed by atoms with E-state index in [1.54, 1.807) is 0 Å². The Kier molecular flexibility index (Phi) is 6.35. The Bertz CT molecular complexity index is 941. The molecular formula is C22H28ClN5S. The second-order valence-electron chi connectivity index (χ2n) is 7.99. The average Bonchev–Trinajstić information content (AvgIpc) is 3.36. The maximum Gasteiger partial charge on any atom is 0.147 e. The summed E-state index contributed by atoms with van der Waals surface area (Å²) < 4.78 is 2.35. The number of halogens is 1. The third-order valence-corrected chi connectivity index (χ3v) is 7.10. The lowest BCUT2D eigenvalue weighted by atomic mass is 9.95. The first-order valence-electron chi connectivity index (χ1n) is 10.3. The van der Waals surface area contributed by atoms with Crippen LogP contribution >= 0.6 is 23.7 Å². The van der Waals surface area contributed by atoms with Crippen molar-refractivity contribution in [2.24, 2.45) is 0 Å². The number of fused-ring (bicyclic) bond motifs is 1. The van der Waals surface area contributed by atoms with Gasteiger partial charge in [0.2, 0.25) is 0 Å². The Hall–Kier alpha value is -1.73. The summed E-state index contributed by atoms with van der Waals surface area (Å²) >= 11 is 1.93. The van der Waals surface area contributed by atoms with Gasteiger partial charge in [0.15, 0.2) is 0 Å². The molecule has 5 rings (SSSR count). The number of aryl methyl sites for hydroxylation is 1. The van der Waals surface area contributed by atoms with Crippen molar-refractivity contribution < 1.29 is 0 Å². The molecule has 0 spiro atoms. The van der Waals surface area contributed by atoms with Crippen molar-refractivity contribution in [3.05, 3.63) is 58.5 Å². The number of benzene rings is 1. The summed E-state index contributed by atoms with van der Waals surface area (Å²) in [5.41, 5.74) is 2.64. The Morgan fingerprint density at radius 3 is 2.62 bits per heavy atom. The van der Waals surface area contributed by atoms with Crippen molar-refractivity contribution in [2.45, 2.75) is 45.3 Å². The number of nitrogens with one attached hydrogen (secondary N) is 1. The first kappa shape index (κ1) is 20.5. The van der Waals surface area contributed by atoms with Gasteiger partial charge in [0, 0.05) is 35.3 Å². The predicted molar refractivity (Wildman–Crippen MR) is 121 cm³/mol. The minimum Gasteiger partial charge on any atom is -0.312 e. The zero-order chi connectivity index (χ0) is 18.9. The van der Waals surface area contributed by atoms with Crippen LogP contribution in [0.15, 0.2) is 36.4 Å². The molecule has 1 aromatic carbocycles. The van der Waals surface area contributed by atoms with Gasteiger partial charge in [0.05, 0.1) is 6.54 Å². The zero-order valence-corrected chi connectivity index (χ0v) is 18.4. The molecule has 0 bridgehead atoms. The van der Waals surface area contributed by atoms with E-state index in [1.165, 1.54) is 39.5 Å². The van der Waals surface area contributed by atoms with Crippen molar-refractivity contribution in [3.8, 4) is 10.4 Å². The Balaban J connectivity index is 0.00000205. The maximum atomic E-state index is 4.53. The number of thiophene rings is 1. The topological polar surface area (TPSA) is 46.0 Å². The number of rotatable bonds is 4. The highest BCUT2D eigenvalue weighted by Gasteiger charge is 2.27. The fraction of sp³-hybridized carbons (Fsp3) is 0.455. The summed E-state index contributed by atoms with van der Waals surface area (Å²) in [6.07, 6.45) is 2.36. The van der Waals surface area contributed by atoms with E-state index < -0.39 is 0 Å². The minimum absolute atomic E-state index is 0. The van der Waals surface area contributed by atoms with Crippen LogP contribution in [0.4, 0.5) is 0 Å². The highest BCUT2D eigenvalue weighted by atomic mass is 35.5. The molecule has 0 saturated carbocycles. The SMILES string of the molecule is Cc1ccc(-c2ccc(CN3CCC(c4nnc5n4CCNC5)CC3)s2)cc1.Cl. The van der Waals surface area contributed by atoms with Gasteiger partial charge in [0.1, 0.15) is 11.6 Å². The van der Waals surface area contributed by atoms with E-state index in [1.807, 2.05) is 11.3 Å². The third-order valence-electron chi connectivity index (χ3n) is 5.98. The van der Waals surface area contributed by atoms with Gasteiger partial charge in [-0.05, 0) is 50.6 Å². The van der Waals surface area contributed by atoms with E-state index >= 15 is 0 Å². The quantitative estimate of drug-likeness (QED) is 0.674. The summed E-state index contributed by atoms with van der Waals surface area (Å²) in [7, 11) is 0. The van der Waals surface area contributed by atoms with E-state index in [4.69, 9.17) is 0 Å². The van der Waals surface area contributed by atoms with E-state index in [9.17, 15) is 0 Å². The van der Waals surface area contributed by atoms with Gasteiger partial charge in [-0.25, -0.2) is 0 Å². The number of nitrogens with zero attached hydrogens (tertiary/aromatic N) is 4. The summed E-state index contributed by atoms with van der Waals surface area (Å²) in [6, 6.07) is 13.4. The predicted octanol–water partition coefficient (Wildman–Crippen LogP) is 4.22. The van der Waals surface area contributed by atoms with Crippen molar-refractivity contribution in [1.29, 1.82) is 0 Å². The molecule has 0 amide bonds. The van der Waals surface area contributed by atoms with Gasteiger partial charge >= 0.3 is 0 Å². The van der Waals surface area contributed by atoms with E-state index in [2.05, 4.69) is 68.3 Å². The molecule has 7 heteroatoms. The van der Waals surface area contributed by atoms with E-state index in [0.717, 1.165) is 45.1 Å². The smallest absolute Gasteiger partial charge is 0.147 e. The van der Waals surface area contributed by atoms with Crippen LogP contribution in [0.5, 0.6) is 0 Å². The molecule has 2 aliphatic rings. The van der Waals surface area contributed by atoms with Crippen molar-refractivity contribution in [1.82, 2.24) is 25.0 Å². The zero-order valence-electron chi connectivity index (χ0n) is 16.8. The molecule has 29 heavy (non-hydrogen) atoms. The molecule has 1 N–H and O–H groups in total. The molecule has 1 fully saturated rings. The fourth-order valence-corrected chi connectivity index (χ4v) is 5.38. The van der Waals surface area contributed by atoms with Crippen LogP contribution < -0.4 is 5.32 Å². The lowest BCUT2D eigenvalue weighted by Crippen LogP contribution is -2.34. The summed E-state index contributed by atoms with van der Waals surface area (Å²) in [5, 5.41) is 12.3. The van der Waals surface area contributed by atoms with E-state index in [0.29, 0.717) is 5.92 Å². The first-order valence-corrected chi connectivity index (χ1v) is 11.1. The summed E-state index contributed by atoms with van der Waals surface area (Å²) in [5.74, 6) is 2.88. The van der Waals surface area contributed by atoms with Crippen LogP contribution in [-0.4, -0.2) is 39.3 Å². The lowest BCUT2D eigenvalue weighted by molar-refractivity contribution is 0.201. The van der Waals surface area contributed by atoms with E-state index in [-0.39, 0.29) is 12.4 Å². The van der Waals surface area contributed by atoms with Crippen molar-refractivity contribution in [3.63, 3.8) is 0 Å². The molecular weight excluding hydrogens is 402 g/mol. The van der Waals surface area contributed by atoms with Crippen LogP contribution in [0.25, 0.3) is 10.4 Å². The van der Waals surface area contributed by atoms with Gasteiger partial charge in [-0.3, -0.25) is 4.90 Å².